The van der Waals surface area contributed by atoms with Crippen LogP contribution >= 0.6 is 12.2 Å². The first kappa shape index (κ1) is 28.8. The van der Waals surface area contributed by atoms with Crippen LogP contribution in [0.5, 0.6) is 5.75 Å². The van der Waals surface area contributed by atoms with Crippen LogP contribution < -0.4 is 15.4 Å². The van der Waals surface area contributed by atoms with Gasteiger partial charge in [0, 0.05) is 6.42 Å². The molecule has 0 aromatic heterocycles. The lowest BCUT2D eigenvalue weighted by molar-refractivity contribution is -0.119. The average molecular weight is 497 g/mol. The van der Waals surface area contributed by atoms with Gasteiger partial charge in [0.1, 0.15) is 5.75 Å². The van der Waals surface area contributed by atoms with Gasteiger partial charge in [-0.2, -0.15) is 0 Å². The minimum Gasteiger partial charge on any atom is -0.491 e. The van der Waals surface area contributed by atoms with Gasteiger partial charge in [0.25, 0.3) is 0 Å². The number of aryl methyl sites for hydroxylation is 1. The molecule has 0 bridgehead atoms. The van der Waals surface area contributed by atoms with Crippen molar-refractivity contribution in [3.8, 4) is 5.75 Å². The minimum atomic E-state index is -0.0281. The summed E-state index contributed by atoms with van der Waals surface area (Å²) in [5.74, 6) is 0.710. The van der Waals surface area contributed by atoms with Gasteiger partial charge >= 0.3 is 0 Å². The fraction of sp³-hybridized carbons (Fsp3) is 0.533. The molecule has 0 radical (unpaired) electrons. The molecule has 1 amide bonds. The summed E-state index contributed by atoms with van der Waals surface area (Å²) >= 11 is 5.36. The number of carbonyl (C=O) groups is 1. The van der Waals surface area contributed by atoms with Crippen LogP contribution in [-0.4, -0.2) is 17.6 Å². The quantitative estimate of drug-likeness (QED) is 0.161. The number of benzene rings is 2. The summed E-state index contributed by atoms with van der Waals surface area (Å²) < 4.78 is 5.97. The van der Waals surface area contributed by atoms with Gasteiger partial charge in [0.05, 0.1) is 12.3 Å². The van der Waals surface area contributed by atoms with E-state index < -0.39 is 0 Å². The lowest BCUT2D eigenvalue weighted by Gasteiger charge is -2.14. The van der Waals surface area contributed by atoms with Crippen LogP contribution in [-0.2, 0) is 11.2 Å². The fourth-order valence-electron chi connectivity index (χ4n) is 4.09. The van der Waals surface area contributed by atoms with Gasteiger partial charge in [0.2, 0.25) is 5.91 Å². The van der Waals surface area contributed by atoms with E-state index in [1.54, 1.807) is 0 Å². The van der Waals surface area contributed by atoms with Crippen molar-refractivity contribution >= 4 is 28.9 Å². The summed E-state index contributed by atoms with van der Waals surface area (Å²) in [6, 6.07) is 18.1. The van der Waals surface area contributed by atoms with Gasteiger partial charge in [-0.1, -0.05) is 114 Å². The molecule has 5 heteroatoms. The van der Waals surface area contributed by atoms with Crippen molar-refractivity contribution in [2.45, 2.75) is 96.8 Å². The SMILES string of the molecule is CCCCCCCCCCCCCC(=O)NC(=S)Nc1ccccc1OCCCc1ccccc1. The van der Waals surface area contributed by atoms with Crippen molar-refractivity contribution in [3.05, 3.63) is 60.2 Å². The highest BCUT2D eigenvalue weighted by molar-refractivity contribution is 7.80. The number of unbranched alkanes of at least 4 members (excludes halogenated alkanes) is 10. The molecule has 0 spiro atoms. The van der Waals surface area contributed by atoms with E-state index in [0.29, 0.717) is 18.1 Å². The van der Waals surface area contributed by atoms with Crippen LogP contribution in [0, 0.1) is 0 Å². The lowest BCUT2D eigenvalue weighted by atomic mass is 10.1. The number of carbonyl (C=O) groups excluding carboxylic acids is 1. The lowest BCUT2D eigenvalue weighted by Crippen LogP contribution is -2.34. The normalized spacial score (nSPS) is 10.7. The van der Waals surface area contributed by atoms with Crippen LogP contribution in [0.4, 0.5) is 5.69 Å². The molecule has 0 saturated heterocycles. The van der Waals surface area contributed by atoms with Crippen LogP contribution in [0.3, 0.4) is 0 Å². The van der Waals surface area contributed by atoms with E-state index in [2.05, 4.69) is 41.8 Å². The van der Waals surface area contributed by atoms with Crippen molar-refractivity contribution in [2.75, 3.05) is 11.9 Å². The number of nitrogens with one attached hydrogen (secondary N) is 2. The largest absolute Gasteiger partial charge is 0.491 e. The summed E-state index contributed by atoms with van der Waals surface area (Å²) in [5, 5.41) is 6.24. The molecule has 0 atom stereocenters. The third-order valence-electron chi connectivity index (χ3n) is 6.11. The van der Waals surface area contributed by atoms with Gasteiger partial charge in [-0.25, -0.2) is 0 Å². The standard InChI is InChI=1S/C30H44N2O2S/c1-2-3-4-5-6-7-8-9-10-11-15-24-29(33)32-30(35)31-27-22-16-17-23-28(27)34-25-18-21-26-19-13-12-14-20-26/h12-14,16-17,19-20,22-23H,2-11,15,18,21,24-25H2,1H3,(H2,31,32,33,35). The molecule has 2 rings (SSSR count). The van der Waals surface area contributed by atoms with Crippen LogP contribution in [0.2, 0.25) is 0 Å². The third kappa shape index (κ3) is 13.9. The first-order chi connectivity index (χ1) is 17.2. The third-order valence-corrected chi connectivity index (χ3v) is 6.31. The second-order valence-corrected chi connectivity index (χ2v) is 9.63. The maximum atomic E-state index is 12.3. The van der Waals surface area contributed by atoms with Crippen molar-refractivity contribution < 1.29 is 9.53 Å². The van der Waals surface area contributed by atoms with E-state index in [1.165, 1.54) is 63.4 Å². The minimum absolute atomic E-state index is 0.0281. The molecule has 35 heavy (non-hydrogen) atoms. The molecule has 0 fully saturated rings. The van der Waals surface area contributed by atoms with Crippen LogP contribution in [0.15, 0.2) is 54.6 Å². The number of hydrogen-bond donors (Lipinski definition) is 2. The predicted octanol–water partition coefficient (Wildman–Crippen LogP) is 8.21. The molecule has 0 aliphatic carbocycles. The molecule has 0 unspecified atom stereocenters. The maximum absolute atomic E-state index is 12.3. The fourth-order valence-corrected chi connectivity index (χ4v) is 4.32. The maximum Gasteiger partial charge on any atom is 0.226 e. The molecular formula is C30H44N2O2S. The van der Waals surface area contributed by atoms with Crippen molar-refractivity contribution in [2.24, 2.45) is 0 Å². The molecule has 2 aromatic carbocycles. The Morgan fingerprint density at radius 3 is 2.06 bits per heavy atom. The first-order valence-corrected chi connectivity index (χ1v) is 14.0. The van der Waals surface area contributed by atoms with E-state index in [1.807, 2.05) is 30.3 Å². The molecule has 0 saturated carbocycles. The molecule has 4 nitrogen and oxygen atoms in total. The Morgan fingerprint density at radius 1 is 0.771 bits per heavy atom. The summed E-state index contributed by atoms with van der Waals surface area (Å²) in [4.78, 5) is 12.3. The zero-order valence-electron chi connectivity index (χ0n) is 21.5. The van der Waals surface area contributed by atoms with Gasteiger partial charge in [0.15, 0.2) is 5.11 Å². The highest BCUT2D eigenvalue weighted by Crippen LogP contribution is 2.24. The molecule has 0 aliphatic rings. The zero-order valence-corrected chi connectivity index (χ0v) is 22.3. The Balaban J connectivity index is 1.56. The first-order valence-electron chi connectivity index (χ1n) is 13.6. The highest BCUT2D eigenvalue weighted by atomic mass is 32.1. The van der Waals surface area contributed by atoms with E-state index in [0.717, 1.165) is 37.1 Å². The highest BCUT2D eigenvalue weighted by Gasteiger charge is 2.08. The summed E-state index contributed by atoms with van der Waals surface area (Å²) in [6.45, 7) is 2.88. The Labute approximate surface area is 218 Å². The van der Waals surface area contributed by atoms with E-state index in [4.69, 9.17) is 17.0 Å². The van der Waals surface area contributed by atoms with E-state index in [-0.39, 0.29) is 5.91 Å². The molecule has 2 N–H and O–H groups in total. The Bertz CT molecular complexity index is 841. The Kier molecular flexibility index (Phi) is 15.5. The van der Waals surface area contributed by atoms with Gasteiger partial charge in [-0.15, -0.1) is 0 Å². The van der Waals surface area contributed by atoms with Crippen LogP contribution in [0.1, 0.15) is 96.0 Å². The predicted molar refractivity (Wildman–Crippen MR) is 152 cm³/mol. The number of ether oxygens (including phenoxy) is 1. The number of amides is 1. The molecule has 0 heterocycles. The van der Waals surface area contributed by atoms with Crippen molar-refractivity contribution in [1.29, 1.82) is 0 Å². The number of rotatable bonds is 18. The van der Waals surface area contributed by atoms with E-state index >= 15 is 0 Å². The van der Waals surface area contributed by atoms with Crippen molar-refractivity contribution in [1.82, 2.24) is 5.32 Å². The molecule has 0 aliphatic heterocycles. The second kappa shape index (κ2) is 18.9. The Morgan fingerprint density at radius 2 is 1.37 bits per heavy atom. The van der Waals surface area contributed by atoms with E-state index in [9.17, 15) is 4.79 Å². The second-order valence-electron chi connectivity index (χ2n) is 9.22. The van der Waals surface area contributed by atoms with Crippen molar-refractivity contribution in [3.63, 3.8) is 0 Å². The molecule has 192 valence electrons. The van der Waals surface area contributed by atoms with Gasteiger partial charge < -0.3 is 15.4 Å². The molecular weight excluding hydrogens is 452 g/mol. The Hall–Kier alpha value is -2.40. The summed E-state index contributed by atoms with van der Waals surface area (Å²) in [5.41, 5.74) is 2.08. The number of para-hydroxylation sites is 2. The van der Waals surface area contributed by atoms with Gasteiger partial charge in [-0.05, 0) is 49.2 Å². The number of thiocarbonyl (C=S) groups is 1. The summed E-state index contributed by atoms with van der Waals surface area (Å²) in [7, 11) is 0. The topological polar surface area (TPSA) is 50.4 Å². The van der Waals surface area contributed by atoms with Crippen LogP contribution in [0.25, 0.3) is 0 Å². The number of anilines is 1. The average Bonchev–Trinajstić information content (AvgIpc) is 2.86. The van der Waals surface area contributed by atoms with Gasteiger partial charge in [-0.3, -0.25) is 4.79 Å². The smallest absolute Gasteiger partial charge is 0.226 e. The number of hydrogen-bond acceptors (Lipinski definition) is 3. The monoisotopic (exact) mass is 496 g/mol. The molecule has 2 aromatic rings. The zero-order chi connectivity index (χ0) is 25.0. The summed E-state index contributed by atoms with van der Waals surface area (Å²) in [6.07, 6.45) is 16.4.